The molecule has 2 aromatic rings. The van der Waals surface area contributed by atoms with Crippen molar-refractivity contribution < 1.29 is 0 Å². The van der Waals surface area contributed by atoms with E-state index in [1.807, 2.05) is 18.2 Å². The van der Waals surface area contributed by atoms with Crippen LogP contribution in [0.4, 0.5) is 0 Å². The molecule has 0 radical (unpaired) electrons. The largest absolute Gasteiger partial charge is 0.309 e. The van der Waals surface area contributed by atoms with Crippen LogP contribution in [-0.2, 0) is 13.1 Å². The van der Waals surface area contributed by atoms with E-state index in [4.69, 9.17) is 5.26 Å². The SMILES string of the molecule is Cc1cc(C#N)ccc1CNCc1ccc(C(C)C)cc1. The van der Waals surface area contributed by atoms with E-state index in [1.165, 1.54) is 16.7 Å². The van der Waals surface area contributed by atoms with Crippen LogP contribution in [0, 0.1) is 18.3 Å². The summed E-state index contributed by atoms with van der Waals surface area (Å²) < 4.78 is 0. The Balaban J connectivity index is 1.91. The number of rotatable bonds is 5. The molecule has 108 valence electrons. The van der Waals surface area contributed by atoms with Gasteiger partial charge in [-0.15, -0.1) is 0 Å². The Morgan fingerprint density at radius 1 is 1.05 bits per heavy atom. The molecular weight excluding hydrogens is 256 g/mol. The fourth-order valence-corrected chi connectivity index (χ4v) is 2.33. The zero-order chi connectivity index (χ0) is 15.2. The summed E-state index contributed by atoms with van der Waals surface area (Å²) in [7, 11) is 0. The number of nitrogens with zero attached hydrogens (tertiary/aromatic N) is 1. The topological polar surface area (TPSA) is 35.8 Å². The molecule has 0 spiro atoms. The number of hydrogen-bond donors (Lipinski definition) is 1. The van der Waals surface area contributed by atoms with E-state index in [0.717, 1.165) is 24.2 Å². The molecule has 0 unspecified atom stereocenters. The van der Waals surface area contributed by atoms with E-state index in [1.54, 1.807) is 0 Å². The molecule has 0 heterocycles. The smallest absolute Gasteiger partial charge is 0.0991 e. The summed E-state index contributed by atoms with van der Waals surface area (Å²) in [6, 6.07) is 16.8. The third kappa shape index (κ3) is 4.18. The predicted molar refractivity (Wildman–Crippen MR) is 87.0 cm³/mol. The highest BCUT2D eigenvalue weighted by molar-refractivity contribution is 5.37. The van der Waals surface area contributed by atoms with Crippen LogP contribution in [0.2, 0.25) is 0 Å². The average Bonchev–Trinajstić information content (AvgIpc) is 2.49. The van der Waals surface area contributed by atoms with Crippen LogP contribution >= 0.6 is 0 Å². The zero-order valence-corrected chi connectivity index (χ0v) is 13.0. The van der Waals surface area contributed by atoms with Crippen molar-refractivity contribution in [1.82, 2.24) is 5.32 Å². The number of benzene rings is 2. The van der Waals surface area contributed by atoms with E-state index in [0.29, 0.717) is 5.92 Å². The molecule has 2 heteroatoms. The first kappa shape index (κ1) is 15.3. The van der Waals surface area contributed by atoms with Crippen LogP contribution in [0.5, 0.6) is 0 Å². The van der Waals surface area contributed by atoms with Crippen molar-refractivity contribution in [3.05, 3.63) is 70.3 Å². The molecule has 0 aliphatic carbocycles. The van der Waals surface area contributed by atoms with E-state index >= 15 is 0 Å². The summed E-state index contributed by atoms with van der Waals surface area (Å²) in [4.78, 5) is 0. The first-order valence-electron chi connectivity index (χ1n) is 7.39. The monoisotopic (exact) mass is 278 g/mol. The van der Waals surface area contributed by atoms with E-state index in [9.17, 15) is 0 Å². The van der Waals surface area contributed by atoms with Gasteiger partial charge in [-0.2, -0.15) is 5.26 Å². The summed E-state index contributed by atoms with van der Waals surface area (Å²) in [5.74, 6) is 0.577. The number of nitrogens with one attached hydrogen (secondary N) is 1. The molecule has 0 saturated heterocycles. The minimum Gasteiger partial charge on any atom is -0.309 e. The molecule has 0 amide bonds. The van der Waals surface area contributed by atoms with Crippen molar-refractivity contribution in [2.45, 2.75) is 39.8 Å². The molecule has 0 aromatic heterocycles. The van der Waals surface area contributed by atoms with Gasteiger partial charge in [0.1, 0.15) is 0 Å². The molecule has 0 bridgehead atoms. The number of nitriles is 1. The predicted octanol–water partition coefficient (Wildman–Crippen LogP) is 4.28. The molecule has 0 aliphatic rings. The van der Waals surface area contributed by atoms with Crippen LogP contribution in [0.15, 0.2) is 42.5 Å². The fraction of sp³-hybridized carbons (Fsp3) is 0.316. The summed E-state index contributed by atoms with van der Waals surface area (Å²) >= 11 is 0. The van der Waals surface area contributed by atoms with Gasteiger partial charge in [0.15, 0.2) is 0 Å². The van der Waals surface area contributed by atoms with Crippen LogP contribution < -0.4 is 5.32 Å². The highest BCUT2D eigenvalue weighted by atomic mass is 14.8. The zero-order valence-electron chi connectivity index (χ0n) is 13.0. The number of aryl methyl sites for hydroxylation is 1. The Kier molecular flexibility index (Phi) is 5.14. The molecular formula is C19H22N2. The second-order valence-electron chi connectivity index (χ2n) is 5.75. The summed E-state index contributed by atoms with van der Waals surface area (Å²) in [6.45, 7) is 8.15. The summed E-state index contributed by atoms with van der Waals surface area (Å²) in [6.07, 6.45) is 0. The average molecular weight is 278 g/mol. The molecule has 2 rings (SSSR count). The van der Waals surface area contributed by atoms with Crippen molar-refractivity contribution in [2.75, 3.05) is 0 Å². The lowest BCUT2D eigenvalue weighted by Gasteiger charge is -2.10. The minimum atomic E-state index is 0.577. The first-order chi connectivity index (χ1) is 10.1. The molecule has 1 N–H and O–H groups in total. The van der Waals surface area contributed by atoms with Crippen molar-refractivity contribution in [3.63, 3.8) is 0 Å². The highest BCUT2D eigenvalue weighted by Crippen LogP contribution is 2.15. The molecule has 0 fully saturated rings. The van der Waals surface area contributed by atoms with Crippen molar-refractivity contribution in [2.24, 2.45) is 0 Å². The van der Waals surface area contributed by atoms with E-state index < -0.39 is 0 Å². The summed E-state index contributed by atoms with van der Waals surface area (Å²) in [5.41, 5.74) is 5.80. The summed E-state index contributed by atoms with van der Waals surface area (Å²) in [5, 5.41) is 12.3. The third-order valence-corrected chi connectivity index (χ3v) is 3.76. The van der Waals surface area contributed by atoms with Crippen LogP contribution in [0.1, 0.15) is 47.6 Å². The van der Waals surface area contributed by atoms with E-state index in [2.05, 4.69) is 56.4 Å². The van der Waals surface area contributed by atoms with Gasteiger partial charge in [0.05, 0.1) is 11.6 Å². The Labute approximate surface area is 127 Å². The molecule has 0 saturated carbocycles. The van der Waals surface area contributed by atoms with Crippen LogP contribution in [0.25, 0.3) is 0 Å². The van der Waals surface area contributed by atoms with Gasteiger partial charge >= 0.3 is 0 Å². The molecule has 2 nitrogen and oxygen atoms in total. The van der Waals surface area contributed by atoms with Crippen LogP contribution in [0.3, 0.4) is 0 Å². The lowest BCUT2D eigenvalue weighted by molar-refractivity contribution is 0.690. The van der Waals surface area contributed by atoms with Gasteiger partial charge in [0.25, 0.3) is 0 Å². The minimum absolute atomic E-state index is 0.577. The second kappa shape index (κ2) is 7.06. The van der Waals surface area contributed by atoms with Gasteiger partial charge in [0.2, 0.25) is 0 Å². The van der Waals surface area contributed by atoms with Gasteiger partial charge in [-0.3, -0.25) is 0 Å². The van der Waals surface area contributed by atoms with Gasteiger partial charge in [-0.05, 0) is 47.2 Å². The van der Waals surface area contributed by atoms with Crippen LogP contribution in [-0.4, -0.2) is 0 Å². The fourth-order valence-electron chi connectivity index (χ4n) is 2.33. The van der Waals surface area contributed by atoms with Gasteiger partial charge in [-0.25, -0.2) is 0 Å². The highest BCUT2D eigenvalue weighted by Gasteiger charge is 2.01. The lowest BCUT2D eigenvalue weighted by atomic mass is 10.0. The second-order valence-corrected chi connectivity index (χ2v) is 5.75. The maximum Gasteiger partial charge on any atom is 0.0991 e. The Bertz CT molecular complexity index is 634. The molecule has 0 aliphatic heterocycles. The lowest BCUT2D eigenvalue weighted by Crippen LogP contribution is -2.13. The van der Waals surface area contributed by atoms with Gasteiger partial charge < -0.3 is 5.32 Å². The number of hydrogen-bond acceptors (Lipinski definition) is 2. The van der Waals surface area contributed by atoms with Gasteiger partial charge in [0, 0.05) is 13.1 Å². The molecule has 2 aromatic carbocycles. The molecule has 0 atom stereocenters. The first-order valence-corrected chi connectivity index (χ1v) is 7.39. The molecule has 21 heavy (non-hydrogen) atoms. The quantitative estimate of drug-likeness (QED) is 0.886. The normalized spacial score (nSPS) is 10.6. The van der Waals surface area contributed by atoms with Crippen molar-refractivity contribution in [1.29, 1.82) is 5.26 Å². The van der Waals surface area contributed by atoms with E-state index in [-0.39, 0.29) is 0 Å². The Hall–Kier alpha value is -2.11. The van der Waals surface area contributed by atoms with Crippen molar-refractivity contribution >= 4 is 0 Å². The third-order valence-electron chi connectivity index (χ3n) is 3.76. The Morgan fingerprint density at radius 2 is 1.76 bits per heavy atom. The maximum absolute atomic E-state index is 8.87. The maximum atomic E-state index is 8.87. The standard InChI is InChI=1S/C19H22N2/c1-14(2)18-7-4-16(5-8-18)12-21-13-19-9-6-17(11-20)10-15(19)3/h4-10,14,21H,12-13H2,1-3H3. The van der Waals surface area contributed by atoms with Gasteiger partial charge in [-0.1, -0.05) is 44.2 Å². The van der Waals surface area contributed by atoms with Crippen molar-refractivity contribution in [3.8, 4) is 6.07 Å². The Morgan fingerprint density at radius 3 is 2.33 bits per heavy atom.